The Bertz CT molecular complexity index is 856. The van der Waals surface area contributed by atoms with E-state index in [1.807, 2.05) is 60.7 Å². The fraction of sp³-hybridized carbons (Fsp3) is 0.238. The molecule has 6 nitrogen and oxygen atoms in total. The first-order valence-electron chi connectivity index (χ1n) is 8.94. The Hall–Kier alpha value is -3.12. The number of nitrogens with zero attached hydrogens (tertiary/aromatic N) is 2. The molecule has 0 saturated heterocycles. The summed E-state index contributed by atoms with van der Waals surface area (Å²) in [7, 11) is 1.66. The number of ether oxygens (including phenoxy) is 1. The molecule has 140 valence electrons. The average molecular weight is 364 g/mol. The van der Waals surface area contributed by atoms with Crippen molar-refractivity contribution in [3.8, 4) is 17.0 Å². The van der Waals surface area contributed by atoms with Crippen LogP contribution in [0.25, 0.3) is 11.3 Å². The van der Waals surface area contributed by atoms with Crippen molar-refractivity contribution in [1.29, 1.82) is 0 Å². The molecule has 3 rings (SSSR count). The van der Waals surface area contributed by atoms with Gasteiger partial charge < -0.3 is 20.5 Å². The quantitative estimate of drug-likeness (QED) is 0.504. The van der Waals surface area contributed by atoms with E-state index >= 15 is 0 Å². The number of aromatic nitrogens is 2. The van der Waals surface area contributed by atoms with E-state index in [1.54, 1.807) is 7.11 Å². The second-order valence-electron chi connectivity index (χ2n) is 6.04. The fourth-order valence-electron chi connectivity index (χ4n) is 2.63. The molecular formula is C21H24N4O2. The Labute approximate surface area is 159 Å². The molecule has 0 aliphatic heterocycles. The summed E-state index contributed by atoms with van der Waals surface area (Å²) in [5, 5.41) is 15.5. The van der Waals surface area contributed by atoms with Crippen LogP contribution in [0, 0.1) is 0 Å². The third-order valence-electron chi connectivity index (χ3n) is 4.02. The van der Waals surface area contributed by atoms with Gasteiger partial charge in [-0.1, -0.05) is 42.5 Å². The molecule has 2 aromatic carbocycles. The van der Waals surface area contributed by atoms with Crippen molar-refractivity contribution < 1.29 is 9.84 Å². The lowest BCUT2D eigenvalue weighted by molar-refractivity contribution is 0.292. The molecule has 1 aromatic heterocycles. The number of aliphatic hydroxyl groups excluding tert-OH is 1. The maximum Gasteiger partial charge on any atom is 0.225 e. The summed E-state index contributed by atoms with van der Waals surface area (Å²) in [5.41, 5.74) is 2.96. The molecule has 0 unspecified atom stereocenters. The van der Waals surface area contributed by atoms with Crippen molar-refractivity contribution in [1.82, 2.24) is 9.97 Å². The summed E-state index contributed by atoms with van der Waals surface area (Å²) in [6, 6.07) is 19.8. The van der Waals surface area contributed by atoms with Crippen molar-refractivity contribution in [2.75, 3.05) is 30.9 Å². The third-order valence-corrected chi connectivity index (χ3v) is 4.02. The summed E-state index contributed by atoms with van der Waals surface area (Å²) >= 11 is 0. The van der Waals surface area contributed by atoms with Gasteiger partial charge in [0, 0.05) is 31.3 Å². The first kappa shape index (κ1) is 18.7. The number of methoxy groups -OCH3 is 1. The van der Waals surface area contributed by atoms with Gasteiger partial charge >= 0.3 is 0 Å². The molecule has 0 fully saturated rings. The van der Waals surface area contributed by atoms with Gasteiger partial charge in [0.15, 0.2) is 0 Å². The van der Waals surface area contributed by atoms with E-state index in [4.69, 9.17) is 9.84 Å². The summed E-state index contributed by atoms with van der Waals surface area (Å²) in [4.78, 5) is 9.14. The van der Waals surface area contributed by atoms with Gasteiger partial charge in [-0.15, -0.1) is 0 Å². The Kier molecular flexibility index (Phi) is 6.60. The first-order chi connectivity index (χ1) is 13.3. The number of nitrogens with one attached hydrogen (secondary N) is 2. The number of hydrogen-bond donors (Lipinski definition) is 3. The van der Waals surface area contributed by atoms with Crippen molar-refractivity contribution in [2.24, 2.45) is 0 Å². The number of aliphatic hydroxyl groups is 1. The van der Waals surface area contributed by atoms with Crippen LogP contribution in [0.3, 0.4) is 0 Å². The third kappa shape index (κ3) is 5.43. The molecule has 0 amide bonds. The van der Waals surface area contributed by atoms with Gasteiger partial charge in [0.05, 0.1) is 12.8 Å². The molecule has 0 aliphatic rings. The van der Waals surface area contributed by atoms with E-state index in [0.29, 0.717) is 25.5 Å². The molecule has 0 atom stereocenters. The van der Waals surface area contributed by atoms with Crippen molar-refractivity contribution in [3.05, 3.63) is 66.2 Å². The summed E-state index contributed by atoms with van der Waals surface area (Å²) < 4.78 is 5.27. The summed E-state index contributed by atoms with van der Waals surface area (Å²) in [5.74, 6) is 2.10. The summed E-state index contributed by atoms with van der Waals surface area (Å²) in [6.45, 7) is 1.37. The van der Waals surface area contributed by atoms with E-state index < -0.39 is 0 Å². The lowest BCUT2D eigenvalue weighted by Gasteiger charge is -2.12. The van der Waals surface area contributed by atoms with Crippen molar-refractivity contribution in [3.63, 3.8) is 0 Å². The van der Waals surface area contributed by atoms with Gasteiger partial charge in [-0.25, -0.2) is 4.98 Å². The highest BCUT2D eigenvalue weighted by Crippen LogP contribution is 2.22. The molecule has 0 bridgehead atoms. The Morgan fingerprint density at radius 2 is 1.81 bits per heavy atom. The van der Waals surface area contributed by atoms with Crippen LogP contribution < -0.4 is 15.4 Å². The van der Waals surface area contributed by atoms with E-state index in [0.717, 1.165) is 28.4 Å². The normalized spacial score (nSPS) is 10.4. The zero-order chi connectivity index (χ0) is 18.9. The van der Waals surface area contributed by atoms with E-state index in [2.05, 4.69) is 20.6 Å². The number of rotatable bonds is 9. The van der Waals surface area contributed by atoms with E-state index in [1.165, 1.54) is 0 Å². The van der Waals surface area contributed by atoms with Crippen LogP contribution in [0.1, 0.15) is 12.0 Å². The van der Waals surface area contributed by atoms with Gasteiger partial charge in [0.1, 0.15) is 11.6 Å². The minimum atomic E-state index is 0.131. The lowest BCUT2D eigenvalue weighted by Crippen LogP contribution is -2.10. The molecular weight excluding hydrogens is 340 g/mol. The van der Waals surface area contributed by atoms with Crippen LogP contribution >= 0.6 is 0 Å². The van der Waals surface area contributed by atoms with Crippen molar-refractivity contribution in [2.45, 2.75) is 13.0 Å². The molecule has 1 heterocycles. The van der Waals surface area contributed by atoms with Crippen LogP contribution in [0.15, 0.2) is 60.7 Å². The van der Waals surface area contributed by atoms with Crippen LogP contribution in [-0.2, 0) is 6.54 Å². The second kappa shape index (κ2) is 9.54. The van der Waals surface area contributed by atoms with Gasteiger partial charge in [-0.2, -0.15) is 4.98 Å². The zero-order valence-electron chi connectivity index (χ0n) is 15.4. The van der Waals surface area contributed by atoms with Gasteiger partial charge in [0.2, 0.25) is 5.95 Å². The molecule has 3 N–H and O–H groups in total. The fourth-order valence-corrected chi connectivity index (χ4v) is 2.63. The highest BCUT2D eigenvalue weighted by molar-refractivity contribution is 5.64. The predicted molar refractivity (Wildman–Crippen MR) is 108 cm³/mol. The second-order valence-corrected chi connectivity index (χ2v) is 6.04. The largest absolute Gasteiger partial charge is 0.497 e. The van der Waals surface area contributed by atoms with Crippen LogP contribution in [0.5, 0.6) is 5.75 Å². The molecule has 0 aliphatic carbocycles. The highest BCUT2D eigenvalue weighted by atomic mass is 16.5. The molecule has 0 spiro atoms. The molecule has 0 radical (unpaired) electrons. The number of anilines is 2. The summed E-state index contributed by atoms with van der Waals surface area (Å²) in [6.07, 6.45) is 0.644. The number of hydrogen-bond acceptors (Lipinski definition) is 6. The number of benzene rings is 2. The predicted octanol–water partition coefficient (Wildman–Crippen LogP) is 3.56. The molecule has 6 heteroatoms. The van der Waals surface area contributed by atoms with Crippen molar-refractivity contribution >= 4 is 11.8 Å². The molecule has 3 aromatic rings. The first-order valence-corrected chi connectivity index (χ1v) is 8.94. The maximum atomic E-state index is 8.98. The zero-order valence-corrected chi connectivity index (χ0v) is 15.4. The maximum absolute atomic E-state index is 8.98. The SMILES string of the molecule is COc1cccc(CNc2cc(-c3ccccc3)nc(NCCCO)n2)c1. The topological polar surface area (TPSA) is 79.3 Å². The van der Waals surface area contributed by atoms with Gasteiger partial charge in [-0.05, 0) is 24.1 Å². The minimum Gasteiger partial charge on any atom is -0.497 e. The monoisotopic (exact) mass is 364 g/mol. The minimum absolute atomic E-state index is 0.131. The standard InChI is InChI=1S/C21H24N4O2/c1-27-18-10-5-7-16(13-18)15-23-20-14-19(17-8-3-2-4-9-17)24-21(25-20)22-11-6-12-26/h2-5,7-10,13-14,26H,6,11-12,15H2,1H3,(H2,22,23,24,25). The van der Waals surface area contributed by atoms with E-state index in [-0.39, 0.29) is 6.61 Å². The molecule has 27 heavy (non-hydrogen) atoms. The van der Waals surface area contributed by atoms with Crippen LogP contribution in [0.2, 0.25) is 0 Å². The van der Waals surface area contributed by atoms with E-state index in [9.17, 15) is 0 Å². The van der Waals surface area contributed by atoms with Gasteiger partial charge in [0.25, 0.3) is 0 Å². The van der Waals surface area contributed by atoms with Crippen LogP contribution in [-0.4, -0.2) is 35.3 Å². The highest BCUT2D eigenvalue weighted by Gasteiger charge is 2.07. The Balaban J connectivity index is 1.80. The van der Waals surface area contributed by atoms with Gasteiger partial charge in [-0.3, -0.25) is 0 Å². The average Bonchev–Trinajstić information content (AvgIpc) is 2.73. The smallest absolute Gasteiger partial charge is 0.225 e. The van der Waals surface area contributed by atoms with Crippen LogP contribution in [0.4, 0.5) is 11.8 Å². The Morgan fingerprint density at radius 1 is 0.963 bits per heavy atom. The molecule has 0 saturated carbocycles. The lowest BCUT2D eigenvalue weighted by atomic mass is 10.1. The Morgan fingerprint density at radius 3 is 2.59 bits per heavy atom.